The molecule has 0 unspecified atom stereocenters. The predicted octanol–water partition coefficient (Wildman–Crippen LogP) is -0.951. The Morgan fingerprint density at radius 3 is 3.08 bits per heavy atom. The van der Waals surface area contributed by atoms with Crippen LogP contribution in [0.25, 0.3) is 0 Å². The predicted molar refractivity (Wildman–Crippen MR) is 42.2 cm³/mol. The lowest BCUT2D eigenvalue weighted by Gasteiger charge is -1.97. The van der Waals surface area contributed by atoms with Gasteiger partial charge in [0.1, 0.15) is 12.8 Å². The van der Waals surface area contributed by atoms with E-state index in [2.05, 4.69) is 15.5 Å². The molecule has 1 heterocycles. The molecule has 0 aliphatic carbocycles. The summed E-state index contributed by atoms with van der Waals surface area (Å²) in [5.74, 6) is -0.819. The minimum atomic E-state index is -1.03. The first-order chi connectivity index (χ1) is 6.24. The summed E-state index contributed by atoms with van der Waals surface area (Å²) in [6, 6.07) is 0. The van der Waals surface area contributed by atoms with Crippen LogP contribution in [0.15, 0.2) is 5.16 Å². The molecule has 1 aromatic rings. The van der Waals surface area contributed by atoms with E-state index < -0.39 is 5.97 Å². The lowest BCUT2D eigenvalue weighted by Crippen LogP contribution is -2.11. The third-order valence-electron chi connectivity index (χ3n) is 1.06. The normalized spacial score (nSPS) is 9.85. The Labute approximate surface area is 77.1 Å². The van der Waals surface area contributed by atoms with Crippen LogP contribution >= 0.6 is 11.8 Å². The summed E-state index contributed by atoms with van der Waals surface area (Å²) in [5, 5.41) is 19.1. The first-order valence-electron chi connectivity index (χ1n) is 3.28. The highest BCUT2D eigenvalue weighted by molar-refractivity contribution is 7.99. The van der Waals surface area contributed by atoms with Gasteiger partial charge < -0.3 is 9.90 Å². The number of thioether (sulfide) groups is 1. The van der Waals surface area contributed by atoms with Crippen molar-refractivity contribution < 1.29 is 14.7 Å². The smallest absolute Gasteiger partial charge is 0.325 e. The van der Waals surface area contributed by atoms with E-state index in [1.165, 1.54) is 0 Å². The molecule has 0 atom stereocenters. The molecular formula is C5H6N4O3S. The summed E-state index contributed by atoms with van der Waals surface area (Å²) in [4.78, 5) is 20.3. The topological polar surface area (TPSA) is 98.0 Å². The number of aldehydes is 1. The summed E-state index contributed by atoms with van der Waals surface area (Å²) in [6.07, 6.45) is 0.699. The van der Waals surface area contributed by atoms with Gasteiger partial charge in [0.25, 0.3) is 0 Å². The number of carboxylic acids is 1. The standard InChI is InChI=1S/C5H6N4O3S/c10-1-2-13-5-6-7-8-9(5)3-4(11)12/h1H,2-3H2,(H,11,12). The van der Waals surface area contributed by atoms with Crippen LogP contribution in [-0.4, -0.2) is 43.3 Å². The van der Waals surface area contributed by atoms with Crippen molar-refractivity contribution in [2.45, 2.75) is 11.7 Å². The van der Waals surface area contributed by atoms with Gasteiger partial charge in [-0.05, 0) is 10.4 Å². The molecule has 0 aliphatic heterocycles. The average Bonchev–Trinajstić information content (AvgIpc) is 2.48. The highest BCUT2D eigenvalue weighted by Gasteiger charge is 2.08. The van der Waals surface area contributed by atoms with Crippen LogP contribution in [0.5, 0.6) is 0 Å². The second kappa shape index (κ2) is 4.55. The van der Waals surface area contributed by atoms with Crippen LogP contribution < -0.4 is 0 Å². The van der Waals surface area contributed by atoms with Crippen LogP contribution in [0.1, 0.15) is 0 Å². The molecule has 1 aromatic heterocycles. The molecule has 1 rings (SSSR count). The van der Waals surface area contributed by atoms with Crippen molar-refractivity contribution in [1.29, 1.82) is 0 Å². The quantitative estimate of drug-likeness (QED) is 0.485. The number of aromatic nitrogens is 4. The van der Waals surface area contributed by atoms with Gasteiger partial charge in [-0.2, -0.15) is 0 Å². The molecule has 0 saturated carbocycles. The number of hydrogen-bond donors (Lipinski definition) is 1. The zero-order valence-electron chi connectivity index (χ0n) is 6.45. The van der Waals surface area contributed by atoms with Crippen LogP contribution in [0.3, 0.4) is 0 Å². The van der Waals surface area contributed by atoms with Gasteiger partial charge in [0.15, 0.2) is 0 Å². The second-order valence-corrected chi connectivity index (χ2v) is 2.98. The Hall–Kier alpha value is -1.44. The van der Waals surface area contributed by atoms with Crippen LogP contribution in [0.2, 0.25) is 0 Å². The Morgan fingerprint density at radius 2 is 2.46 bits per heavy atom. The van der Waals surface area contributed by atoms with E-state index >= 15 is 0 Å². The molecule has 13 heavy (non-hydrogen) atoms. The zero-order valence-corrected chi connectivity index (χ0v) is 7.27. The summed E-state index contributed by atoms with van der Waals surface area (Å²) in [5.41, 5.74) is 0. The molecule has 0 saturated heterocycles. The van der Waals surface area contributed by atoms with E-state index in [1.807, 2.05) is 0 Å². The fourth-order valence-electron chi connectivity index (χ4n) is 0.636. The number of hydrogen-bond acceptors (Lipinski definition) is 6. The van der Waals surface area contributed by atoms with Gasteiger partial charge in [-0.25, -0.2) is 4.68 Å². The number of tetrazole rings is 1. The van der Waals surface area contributed by atoms with Gasteiger partial charge in [0, 0.05) is 0 Å². The largest absolute Gasteiger partial charge is 0.480 e. The minimum Gasteiger partial charge on any atom is -0.480 e. The minimum absolute atomic E-state index is 0.208. The van der Waals surface area contributed by atoms with Crippen molar-refractivity contribution in [2.24, 2.45) is 0 Å². The van der Waals surface area contributed by atoms with Gasteiger partial charge in [0.2, 0.25) is 5.16 Å². The Balaban J connectivity index is 2.65. The second-order valence-electron chi connectivity index (χ2n) is 1.99. The maximum atomic E-state index is 10.3. The number of carbonyl (C=O) groups excluding carboxylic acids is 1. The molecule has 7 nitrogen and oxygen atoms in total. The van der Waals surface area contributed by atoms with Crippen molar-refractivity contribution in [2.75, 3.05) is 5.75 Å². The van der Waals surface area contributed by atoms with E-state index in [9.17, 15) is 9.59 Å². The summed E-state index contributed by atoms with van der Waals surface area (Å²) >= 11 is 1.09. The molecule has 1 N–H and O–H groups in total. The van der Waals surface area contributed by atoms with E-state index in [-0.39, 0.29) is 12.3 Å². The fraction of sp³-hybridized carbons (Fsp3) is 0.400. The number of nitrogens with zero attached hydrogens (tertiary/aromatic N) is 4. The zero-order chi connectivity index (χ0) is 9.68. The fourth-order valence-corrected chi connectivity index (χ4v) is 1.20. The molecule has 0 spiro atoms. The van der Waals surface area contributed by atoms with Gasteiger partial charge in [-0.15, -0.1) is 5.10 Å². The lowest BCUT2D eigenvalue weighted by atomic mass is 10.7. The van der Waals surface area contributed by atoms with Crippen molar-refractivity contribution in [1.82, 2.24) is 20.2 Å². The van der Waals surface area contributed by atoms with E-state index in [1.54, 1.807) is 0 Å². The molecule has 0 radical (unpaired) electrons. The van der Waals surface area contributed by atoms with Crippen LogP contribution in [-0.2, 0) is 16.1 Å². The SMILES string of the molecule is O=CCSc1nnnn1CC(=O)O. The lowest BCUT2D eigenvalue weighted by molar-refractivity contribution is -0.138. The molecule has 70 valence electrons. The third kappa shape index (κ3) is 2.82. The van der Waals surface area contributed by atoms with Crippen molar-refractivity contribution >= 4 is 24.0 Å². The molecule has 0 bridgehead atoms. The van der Waals surface area contributed by atoms with Crippen molar-refractivity contribution in [3.63, 3.8) is 0 Å². The average molecular weight is 202 g/mol. The maximum absolute atomic E-state index is 10.3. The highest BCUT2D eigenvalue weighted by atomic mass is 32.2. The Kier molecular flexibility index (Phi) is 3.38. The van der Waals surface area contributed by atoms with Gasteiger partial charge in [-0.3, -0.25) is 4.79 Å². The number of carboxylic acid groups (broad SMARTS) is 1. The molecule has 0 fully saturated rings. The number of carbonyl (C=O) groups is 2. The molecular weight excluding hydrogens is 196 g/mol. The summed E-state index contributed by atoms with van der Waals surface area (Å²) < 4.78 is 1.12. The van der Waals surface area contributed by atoms with Gasteiger partial charge in [0.05, 0.1) is 5.75 Å². The molecule has 0 aromatic carbocycles. The Morgan fingerprint density at radius 1 is 1.69 bits per heavy atom. The monoisotopic (exact) mass is 202 g/mol. The first-order valence-corrected chi connectivity index (χ1v) is 4.27. The molecule has 8 heteroatoms. The van der Waals surface area contributed by atoms with Crippen molar-refractivity contribution in [3.8, 4) is 0 Å². The van der Waals surface area contributed by atoms with Crippen LogP contribution in [0.4, 0.5) is 0 Å². The number of rotatable bonds is 5. The van der Waals surface area contributed by atoms with Gasteiger partial charge >= 0.3 is 5.97 Å². The third-order valence-corrected chi connectivity index (χ3v) is 1.92. The summed E-state index contributed by atoms with van der Waals surface area (Å²) in [6.45, 7) is -0.297. The maximum Gasteiger partial charge on any atom is 0.325 e. The number of aliphatic carboxylic acids is 1. The molecule has 0 amide bonds. The first kappa shape index (κ1) is 9.65. The molecule has 0 aliphatic rings. The van der Waals surface area contributed by atoms with Crippen molar-refractivity contribution in [3.05, 3.63) is 0 Å². The van der Waals surface area contributed by atoms with E-state index in [0.29, 0.717) is 11.4 Å². The van der Waals surface area contributed by atoms with Crippen LogP contribution in [0, 0.1) is 0 Å². The summed E-state index contributed by atoms with van der Waals surface area (Å²) in [7, 11) is 0. The highest BCUT2D eigenvalue weighted by Crippen LogP contribution is 2.11. The Bertz CT molecular complexity index is 312. The van der Waals surface area contributed by atoms with Gasteiger partial charge in [-0.1, -0.05) is 11.8 Å². The van der Waals surface area contributed by atoms with E-state index in [0.717, 1.165) is 16.4 Å². The van der Waals surface area contributed by atoms with E-state index in [4.69, 9.17) is 5.11 Å².